The van der Waals surface area contributed by atoms with Gasteiger partial charge in [-0.05, 0) is 62.4 Å². The zero-order valence-electron chi connectivity index (χ0n) is 18.1. The van der Waals surface area contributed by atoms with E-state index >= 15 is 0 Å². The van der Waals surface area contributed by atoms with Crippen LogP contribution in [0.15, 0.2) is 36.4 Å². The molecule has 1 saturated heterocycles. The van der Waals surface area contributed by atoms with Gasteiger partial charge in [-0.1, -0.05) is 11.6 Å². The lowest BCUT2D eigenvalue weighted by Crippen LogP contribution is -2.44. The van der Waals surface area contributed by atoms with Gasteiger partial charge in [-0.2, -0.15) is 13.2 Å². The topological polar surface area (TPSA) is 44.8 Å². The second-order valence-corrected chi connectivity index (χ2v) is 8.36. The van der Waals surface area contributed by atoms with Gasteiger partial charge in [0.25, 0.3) is 0 Å². The van der Waals surface area contributed by atoms with Crippen molar-refractivity contribution in [2.45, 2.75) is 25.9 Å². The average Bonchev–Trinajstić information content (AvgIpc) is 2.72. The second-order valence-electron chi connectivity index (χ2n) is 7.93. The van der Waals surface area contributed by atoms with Gasteiger partial charge in [-0.25, -0.2) is 0 Å². The van der Waals surface area contributed by atoms with E-state index in [9.17, 15) is 18.0 Å². The molecule has 0 radical (unpaired) electrons. The normalized spacial score (nSPS) is 15.0. The van der Waals surface area contributed by atoms with Crippen LogP contribution in [0.3, 0.4) is 0 Å². The third-order valence-electron chi connectivity index (χ3n) is 5.39. The van der Waals surface area contributed by atoms with Gasteiger partial charge in [0.1, 0.15) is 5.75 Å². The van der Waals surface area contributed by atoms with E-state index in [1.54, 1.807) is 24.3 Å². The average molecular weight is 470 g/mol. The van der Waals surface area contributed by atoms with E-state index in [2.05, 4.69) is 10.2 Å². The van der Waals surface area contributed by atoms with Gasteiger partial charge in [0.05, 0.1) is 17.9 Å². The molecule has 174 valence electrons. The molecule has 1 N–H and O–H groups in total. The number of hydrogen-bond donors (Lipinski definition) is 1. The van der Waals surface area contributed by atoms with Crippen molar-refractivity contribution < 1.29 is 22.7 Å². The van der Waals surface area contributed by atoms with E-state index in [-0.39, 0.29) is 18.7 Å². The number of amides is 1. The first-order valence-corrected chi connectivity index (χ1v) is 10.8. The van der Waals surface area contributed by atoms with E-state index in [0.29, 0.717) is 36.0 Å². The number of nitrogens with one attached hydrogen (secondary N) is 1. The van der Waals surface area contributed by atoms with Crippen LogP contribution < -0.4 is 15.0 Å². The van der Waals surface area contributed by atoms with Gasteiger partial charge in [-0.3, -0.25) is 4.79 Å². The van der Waals surface area contributed by atoms with Gasteiger partial charge in [0, 0.05) is 43.3 Å². The highest BCUT2D eigenvalue weighted by Gasteiger charge is 2.35. The lowest BCUT2D eigenvalue weighted by atomic mass is 10.1. The van der Waals surface area contributed by atoms with E-state index in [1.807, 2.05) is 18.9 Å². The van der Waals surface area contributed by atoms with Crippen LogP contribution in [0.25, 0.3) is 0 Å². The molecular formula is C23H27ClF3N3O2. The summed E-state index contributed by atoms with van der Waals surface area (Å²) in [6.07, 6.45) is -4.15. The fourth-order valence-electron chi connectivity index (χ4n) is 3.54. The van der Waals surface area contributed by atoms with Crippen molar-refractivity contribution in [3.8, 4) is 5.75 Å². The molecule has 1 aliphatic heterocycles. The highest BCUT2D eigenvalue weighted by Crippen LogP contribution is 2.37. The molecule has 0 bridgehead atoms. The number of alkyl halides is 3. The Balaban J connectivity index is 1.58. The van der Waals surface area contributed by atoms with E-state index in [1.165, 1.54) is 6.07 Å². The number of likely N-dealkylation sites (N-methyl/N-ethyl adjacent to an activating group) is 1. The number of carbonyl (C=O) groups excluding carboxylic acids is 1. The minimum Gasteiger partial charge on any atom is -0.493 e. The maximum atomic E-state index is 13.7. The Kier molecular flexibility index (Phi) is 7.90. The highest BCUT2D eigenvalue weighted by atomic mass is 35.5. The zero-order valence-corrected chi connectivity index (χ0v) is 18.9. The quantitative estimate of drug-likeness (QED) is 0.565. The first kappa shape index (κ1) is 24.2. The molecule has 1 heterocycles. The standard InChI is InChI=1S/C23H27ClF3N3O2/c1-16-14-17(24)5-8-21(16)32-13-3-4-22(31)28-20-7-6-18(15-19(20)23(25,26)27)30-11-9-29(2)10-12-30/h5-8,14-15H,3-4,9-13H2,1-2H3,(H,28,31). The molecule has 0 aliphatic carbocycles. The van der Waals surface area contributed by atoms with Crippen LogP contribution in [-0.2, 0) is 11.0 Å². The van der Waals surface area contributed by atoms with Crippen LogP contribution in [0.4, 0.5) is 24.5 Å². The molecule has 9 heteroatoms. The number of benzene rings is 2. The predicted molar refractivity (Wildman–Crippen MR) is 121 cm³/mol. The minimum atomic E-state index is -4.57. The van der Waals surface area contributed by atoms with Crippen LogP contribution >= 0.6 is 11.6 Å². The Morgan fingerprint density at radius 3 is 2.50 bits per heavy atom. The third-order valence-corrected chi connectivity index (χ3v) is 5.63. The SMILES string of the molecule is Cc1cc(Cl)ccc1OCCCC(=O)Nc1ccc(N2CCN(C)CC2)cc1C(F)(F)F. The number of rotatable bonds is 7. The molecular weight excluding hydrogens is 443 g/mol. The molecule has 1 aliphatic rings. The van der Waals surface area contributed by atoms with E-state index < -0.39 is 17.6 Å². The molecule has 0 aromatic heterocycles. The summed E-state index contributed by atoms with van der Waals surface area (Å²) in [7, 11) is 1.98. The summed E-state index contributed by atoms with van der Waals surface area (Å²) in [6.45, 7) is 5.02. The fraction of sp³-hybridized carbons (Fsp3) is 0.435. The molecule has 0 atom stereocenters. The summed E-state index contributed by atoms with van der Waals surface area (Å²) in [5, 5.41) is 3.02. The minimum absolute atomic E-state index is 0.0458. The number of hydrogen-bond acceptors (Lipinski definition) is 4. The van der Waals surface area contributed by atoms with Gasteiger partial charge in [0.15, 0.2) is 0 Å². The predicted octanol–water partition coefficient (Wildman–Crippen LogP) is 5.22. The molecule has 0 unspecified atom stereocenters. The third kappa shape index (κ3) is 6.53. The number of nitrogens with zero attached hydrogens (tertiary/aromatic N) is 2. The van der Waals surface area contributed by atoms with Gasteiger partial charge < -0.3 is 19.9 Å². The van der Waals surface area contributed by atoms with Crippen molar-refractivity contribution in [3.63, 3.8) is 0 Å². The Bertz CT molecular complexity index is 945. The lowest BCUT2D eigenvalue weighted by Gasteiger charge is -2.34. The fourth-order valence-corrected chi connectivity index (χ4v) is 3.77. The summed E-state index contributed by atoms with van der Waals surface area (Å²) in [5.74, 6) is 0.174. The summed E-state index contributed by atoms with van der Waals surface area (Å²) < 4.78 is 46.6. The Morgan fingerprint density at radius 2 is 1.84 bits per heavy atom. The molecule has 2 aromatic rings. The second kappa shape index (κ2) is 10.4. The van der Waals surface area contributed by atoms with Crippen molar-refractivity contribution in [1.82, 2.24) is 4.90 Å². The Labute approximate surface area is 191 Å². The summed E-state index contributed by atoms with van der Waals surface area (Å²) >= 11 is 5.91. The smallest absolute Gasteiger partial charge is 0.418 e. The van der Waals surface area contributed by atoms with Crippen LogP contribution in [0.1, 0.15) is 24.0 Å². The van der Waals surface area contributed by atoms with Gasteiger partial charge in [-0.15, -0.1) is 0 Å². The zero-order chi connectivity index (χ0) is 23.3. The van der Waals surface area contributed by atoms with Gasteiger partial charge >= 0.3 is 6.18 Å². The maximum Gasteiger partial charge on any atom is 0.418 e. The summed E-state index contributed by atoms with van der Waals surface area (Å²) in [4.78, 5) is 16.3. The molecule has 3 rings (SSSR count). The van der Waals surface area contributed by atoms with Gasteiger partial charge in [0.2, 0.25) is 5.91 Å². The molecule has 0 spiro atoms. The summed E-state index contributed by atoms with van der Waals surface area (Å²) in [5.41, 5.74) is 0.317. The number of aryl methyl sites for hydroxylation is 1. The number of carbonyl (C=O) groups is 1. The van der Waals surface area contributed by atoms with Crippen LogP contribution in [0, 0.1) is 6.92 Å². The van der Waals surface area contributed by atoms with Crippen molar-refractivity contribution >= 4 is 28.9 Å². The van der Waals surface area contributed by atoms with Crippen LogP contribution in [-0.4, -0.2) is 50.6 Å². The maximum absolute atomic E-state index is 13.7. The first-order valence-electron chi connectivity index (χ1n) is 10.5. The number of piperazine rings is 1. The van der Waals surface area contributed by atoms with Crippen LogP contribution in [0.2, 0.25) is 5.02 Å². The Hall–Kier alpha value is -2.45. The summed E-state index contributed by atoms with van der Waals surface area (Å²) in [6, 6.07) is 9.31. The number of ether oxygens (including phenoxy) is 1. The molecule has 32 heavy (non-hydrogen) atoms. The molecule has 5 nitrogen and oxygen atoms in total. The van der Waals surface area contributed by atoms with Crippen molar-refractivity contribution in [3.05, 3.63) is 52.5 Å². The van der Waals surface area contributed by atoms with Crippen molar-refractivity contribution in [1.29, 1.82) is 0 Å². The number of halogens is 4. The van der Waals surface area contributed by atoms with Crippen molar-refractivity contribution in [2.75, 3.05) is 50.1 Å². The molecule has 0 saturated carbocycles. The van der Waals surface area contributed by atoms with Crippen molar-refractivity contribution in [2.24, 2.45) is 0 Å². The first-order chi connectivity index (χ1) is 15.1. The Morgan fingerprint density at radius 1 is 1.12 bits per heavy atom. The molecule has 2 aromatic carbocycles. The van der Waals surface area contributed by atoms with E-state index in [0.717, 1.165) is 24.7 Å². The van der Waals surface area contributed by atoms with E-state index in [4.69, 9.17) is 16.3 Å². The monoisotopic (exact) mass is 469 g/mol. The largest absolute Gasteiger partial charge is 0.493 e. The van der Waals surface area contributed by atoms with Crippen LogP contribution in [0.5, 0.6) is 5.75 Å². The lowest BCUT2D eigenvalue weighted by molar-refractivity contribution is -0.136. The number of anilines is 2. The molecule has 1 fully saturated rings. The molecule has 1 amide bonds. The highest BCUT2D eigenvalue weighted by molar-refractivity contribution is 6.30.